The van der Waals surface area contributed by atoms with Crippen molar-refractivity contribution in [2.45, 2.75) is 50.6 Å². The van der Waals surface area contributed by atoms with Gasteiger partial charge in [-0.05, 0) is 49.6 Å². The highest BCUT2D eigenvalue weighted by molar-refractivity contribution is 6.30. The van der Waals surface area contributed by atoms with Crippen LogP contribution < -0.4 is 9.47 Å². The van der Waals surface area contributed by atoms with Crippen molar-refractivity contribution >= 4 is 11.6 Å². The van der Waals surface area contributed by atoms with E-state index in [4.69, 9.17) is 21.1 Å². The molecule has 7 heteroatoms. The number of hydrogen-bond acceptors (Lipinski definition) is 3. The van der Waals surface area contributed by atoms with E-state index in [2.05, 4.69) is 4.90 Å². The van der Waals surface area contributed by atoms with Gasteiger partial charge in [-0.1, -0.05) is 30.2 Å². The average molecular weight is 426 g/mol. The Hall–Kier alpha value is -1.92. The van der Waals surface area contributed by atoms with Crippen LogP contribution in [0.1, 0.15) is 43.4 Å². The normalized spacial score (nSPS) is 19.3. The van der Waals surface area contributed by atoms with E-state index in [0.717, 1.165) is 25.2 Å². The van der Waals surface area contributed by atoms with Gasteiger partial charge in [-0.15, -0.1) is 0 Å². The summed E-state index contributed by atoms with van der Waals surface area (Å²) in [5.41, 5.74) is -0.246. The second-order valence-electron chi connectivity index (χ2n) is 7.75. The molecule has 2 aromatic rings. The molecule has 0 spiro atoms. The Kier molecular flexibility index (Phi) is 5.67. The fraction of sp³-hybridized carbons (Fsp3) is 0.455. The van der Waals surface area contributed by atoms with E-state index in [0.29, 0.717) is 28.1 Å². The molecule has 1 unspecified atom stereocenters. The first-order chi connectivity index (χ1) is 13.8. The summed E-state index contributed by atoms with van der Waals surface area (Å²) in [6.45, 7) is 3.47. The summed E-state index contributed by atoms with van der Waals surface area (Å²) in [7, 11) is 0. The highest BCUT2D eigenvalue weighted by atomic mass is 35.5. The molecule has 2 aromatic carbocycles. The first-order valence-corrected chi connectivity index (χ1v) is 10.2. The number of rotatable bonds is 6. The van der Waals surface area contributed by atoms with Crippen LogP contribution in [0.25, 0.3) is 0 Å². The van der Waals surface area contributed by atoms with Gasteiger partial charge in [0.05, 0.1) is 5.56 Å². The first-order valence-electron chi connectivity index (χ1n) is 9.83. The van der Waals surface area contributed by atoms with Crippen LogP contribution in [0.15, 0.2) is 42.5 Å². The Labute approximate surface area is 173 Å². The molecule has 0 radical (unpaired) electrons. The first kappa shape index (κ1) is 20.4. The topological polar surface area (TPSA) is 21.7 Å². The van der Waals surface area contributed by atoms with E-state index in [1.807, 2.05) is 0 Å². The van der Waals surface area contributed by atoms with E-state index in [-0.39, 0.29) is 6.10 Å². The van der Waals surface area contributed by atoms with Crippen LogP contribution in [0.4, 0.5) is 13.2 Å². The number of halogens is 4. The van der Waals surface area contributed by atoms with Gasteiger partial charge in [-0.25, -0.2) is 0 Å². The third kappa shape index (κ3) is 4.64. The monoisotopic (exact) mass is 425 g/mol. The highest BCUT2D eigenvalue weighted by Gasteiger charge is 2.36. The van der Waals surface area contributed by atoms with Crippen molar-refractivity contribution in [3.05, 3.63) is 58.6 Å². The number of alkyl halides is 3. The van der Waals surface area contributed by atoms with Crippen molar-refractivity contribution in [2.24, 2.45) is 0 Å². The summed E-state index contributed by atoms with van der Waals surface area (Å²) >= 11 is 6.13. The van der Waals surface area contributed by atoms with Crippen LogP contribution in [-0.2, 0) is 6.18 Å². The van der Waals surface area contributed by atoms with Crippen LogP contribution in [-0.4, -0.2) is 30.1 Å². The summed E-state index contributed by atoms with van der Waals surface area (Å²) in [6.07, 6.45) is -1.08. The third-order valence-electron chi connectivity index (χ3n) is 5.65. The van der Waals surface area contributed by atoms with Crippen molar-refractivity contribution in [1.82, 2.24) is 4.90 Å². The zero-order chi connectivity index (χ0) is 20.6. The van der Waals surface area contributed by atoms with Gasteiger partial charge in [0, 0.05) is 30.2 Å². The standard InChI is InChI=1S/C22H23ClF3NO2/c1-14(15-4-2-5-16(10-15)22(24,25)26)28-20-9-8-17(23)11-21(20)29-19-12-27(13-19)18-6-3-7-18/h2,4-5,8-11,14,18-19H,3,6-7,12-13H2,1H3. The fourth-order valence-electron chi connectivity index (χ4n) is 3.67. The lowest BCUT2D eigenvalue weighted by Gasteiger charge is -2.47. The molecule has 0 amide bonds. The summed E-state index contributed by atoms with van der Waals surface area (Å²) < 4.78 is 51.0. The zero-order valence-corrected chi connectivity index (χ0v) is 16.8. The number of benzene rings is 2. The van der Waals surface area contributed by atoms with Crippen LogP contribution >= 0.6 is 11.6 Å². The van der Waals surface area contributed by atoms with Crippen molar-refractivity contribution < 1.29 is 22.6 Å². The van der Waals surface area contributed by atoms with Crippen LogP contribution in [0.2, 0.25) is 5.02 Å². The highest BCUT2D eigenvalue weighted by Crippen LogP contribution is 2.37. The lowest BCUT2D eigenvalue weighted by atomic mass is 9.89. The molecule has 156 valence electrons. The Balaban J connectivity index is 1.44. The van der Waals surface area contributed by atoms with E-state index in [9.17, 15) is 13.2 Å². The zero-order valence-electron chi connectivity index (χ0n) is 16.1. The van der Waals surface area contributed by atoms with Crippen molar-refractivity contribution in [3.63, 3.8) is 0 Å². The molecule has 3 nitrogen and oxygen atoms in total. The van der Waals surface area contributed by atoms with Gasteiger partial charge < -0.3 is 9.47 Å². The second kappa shape index (κ2) is 8.07. The quantitative estimate of drug-likeness (QED) is 0.557. The Morgan fingerprint density at radius 2 is 1.83 bits per heavy atom. The molecular formula is C22H23ClF3NO2. The minimum Gasteiger partial charge on any atom is -0.484 e. The maximum Gasteiger partial charge on any atom is 0.416 e. The van der Waals surface area contributed by atoms with Gasteiger partial charge in [0.15, 0.2) is 11.5 Å². The Morgan fingerprint density at radius 1 is 1.07 bits per heavy atom. The smallest absolute Gasteiger partial charge is 0.416 e. The van der Waals surface area contributed by atoms with Gasteiger partial charge in [-0.3, -0.25) is 4.90 Å². The molecule has 1 heterocycles. The molecule has 0 N–H and O–H groups in total. The predicted octanol–water partition coefficient (Wildman–Crippen LogP) is 6.11. The molecule has 1 saturated heterocycles. The van der Waals surface area contributed by atoms with Gasteiger partial charge >= 0.3 is 6.18 Å². The molecule has 0 aromatic heterocycles. The molecular weight excluding hydrogens is 403 g/mol. The number of nitrogens with zero attached hydrogens (tertiary/aromatic N) is 1. The number of likely N-dealkylation sites (tertiary alicyclic amines) is 1. The number of ether oxygens (including phenoxy) is 2. The minimum atomic E-state index is -4.39. The van der Waals surface area contributed by atoms with E-state index in [1.165, 1.54) is 25.3 Å². The van der Waals surface area contributed by atoms with E-state index in [1.54, 1.807) is 31.2 Å². The largest absolute Gasteiger partial charge is 0.484 e. The third-order valence-corrected chi connectivity index (χ3v) is 5.89. The Morgan fingerprint density at radius 3 is 2.48 bits per heavy atom. The van der Waals surface area contributed by atoms with Gasteiger partial charge in [-0.2, -0.15) is 13.2 Å². The molecule has 29 heavy (non-hydrogen) atoms. The second-order valence-corrected chi connectivity index (χ2v) is 8.19. The molecule has 1 saturated carbocycles. The molecule has 2 fully saturated rings. The van der Waals surface area contributed by atoms with Gasteiger partial charge in [0.1, 0.15) is 12.2 Å². The summed E-state index contributed by atoms with van der Waals surface area (Å²) in [5, 5.41) is 0.522. The maximum absolute atomic E-state index is 13.0. The molecule has 1 aliphatic heterocycles. The van der Waals surface area contributed by atoms with Crippen molar-refractivity contribution in [1.29, 1.82) is 0 Å². The van der Waals surface area contributed by atoms with Crippen molar-refractivity contribution in [3.8, 4) is 11.5 Å². The SMILES string of the molecule is CC(Oc1ccc(Cl)cc1OC1CN(C2CCC2)C1)c1cccc(C(F)(F)F)c1. The molecule has 1 aliphatic carbocycles. The predicted molar refractivity (Wildman–Crippen MR) is 106 cm³/mol. The summed E-state index contributed by atoms with van der Waals surface area (Å²) in [5.74, 6) is 0.996. The summed E-state index contributed by atoms with van der Waals surface area (Å²) in [4.78, 5) is 2.42. The van der Waals surface area contributed by atoms with Crippen LogP contribution in [0, 0.1) is 0 Å². The van der Waals surface area contributed by atoms with E-state index < -0.39 is 17.8 Å². The van der Waals surface area contributed by atoms with Crippen LogP contribution in [0.5, 0.6) is 11.5 Å². The maximum atomic E-state index is 13.0. The van der Waals surface area contributed by atoms with E-state index >= 15 is 0 Å². The molecule has 4 rings (SSSR count). The average Bonchev–Trinajstić information content (AvgIpc) is 2.60. The minimum absolute atomic E-state index is 0.0697. The molecule has 0 bridgehead atoms. The van der Waals surface area contributed by atoms with Crippen LogP contribution in [0.3, 0.4) is 0 Å². The van der Waals surface area contributed by atoms with Gasteiger partial charge in [0.25, 0.3) is 0 Å². The lowest BCUT2D eigenvalue weighted by molar-refractivity contribution is -0.137. The number of hydrogen-bond donors (Lipinski definition) is 0. The lowest BCUT2D eigenvalue weighted by Crippen LogP contribution is -2.59. The Bertz CT molecular complexity index is 863. The van der Waals surface area contributed by atoms with Crippen molar-refractivity contribution in [2.75, 3.05) is 13.1 Å². The fourth-order valence-corrected chi connectivity index (χ4v) is 3.83. The van der Waals surface area contributed by atoms with Gasteiger partial charge in [0.2, 0.25) is 0 Å². The molecule has 2 aliphatic rings. The molecule has 1 atom stereocenters. The summed E-state index contributed by atoms with van der Waals surface area (Å²) in [6, 6.07) is 10.9.